The minimum absolute atomic E-state index is 0.192. The molecular formula is C29H35N3O3. The van der Waals surface area contributed by atoms with Gasteiger partial charge >= 0.3 is 0 Å². The molecule has 184 valence electrons. The molecule has 3 atom stereocenters. The molecule has 4 N–H and O–H groups in total. The Labute approximate surface area is 207 Å². The molecule has 0 saturated carbocycles. The number of carbonyl (C=O) groups excluding carboxylic acids is 1. The van der Waals surface area contributed by atoms with Crippen molar-refractivity contribution in [1.29, 1.82) is 0 Å². The molecule has 2 saturated heterocycles. The summed E-state index contributed by atoms with van der Waals surface area (Å²) in [4.78, 5) is 14.6. The predicted octanol–water partition coefficient (Wildman–Crippen LogP) is 3.06. The molecule has 35 heavy (non-hydrogen) atoms. The zero-order chi connectivity index (χ0) is 24.5. The number of aliphatic hydroxyl groups excluding tert-OH is 2. The highest BCUT2D eigenvalue weighted by atomic mass is 16.3. The maximum absolute atomic E-state index is 12.6. The van der Waals surface area contributed by atoms with Crippen LogP contribution in [-0.2, 0) is 6.54 Å². The highest BCUT2D eigenvalue weighted by Gasteiger charge is 2.39. The summed E-state index contributed by atoms with van der Waals surface area (Å²) < 4.78 is 0. The van der Waals surface area contributed by atoms with E-state index in [0.717, 1.165) is 16.7 Å². The maximum Gasteiger partial charge on any atom is 0.251 e. The molecule has 0 aliphatic carbocycles. The molecule has 2 fully saturated rings. The molecule has 0 bridgehead atoms. The van der Waals surface area contributed by atoms with Crippen molar-refractivity contribution in [2.45, 2.75) is 37.6 Å². The second-order valence-electron chi connectivity index (χ2n) is 9.15. The highest BCUT2D eigenvalue weighted by molar-refractivity contribution is 5.94. The van der Waals surface area contributed by atoms with Gasteiger partial charge in [0.2, 0.25) is 0 Å². The van der Waals surface area contributed by atoms with Crippen LogP contribution in [-0.4, -0.2) is 65.4 Å². The van der Waals surface area contributed by atoms with Crippen molar-refractivity contribution in [3.05, 3.63) is 96.1 Å². The molecule has 0 radical (unpaired) electrons. The van der Waals surface area contributed by atoms with Gasteiger partial charge in [0.15, 0.2) is 0 Å². The molecule has 6 nitrogen and oxygen atoms in total. The number of hydrogen-bond donors (Lipinski definition) is 4. The van der Waals surface area contributed by atoms with Crippen molar-refractivity contribution in [3.63, 3.8) is 0 Å². The molecule has 2 aliphatic heterocycles. The lowest BCUT2D eigenvalue weighted by Crippen LogP contribution is -2.45. The Kier molecular flexibility index (Phi) is 9.03. The van der Waals surface area contributed by atoms with E-state index in [-0.39, 0.29) is 18.5 Å². The van der Waals surface area contributed by atoms with E-state index in [2.05, 4.69) is 10.6 Å². The second kappa shape index (κ2) is 12.6. The number of nitrogens with one attached hydrogen (secondary N) is 2. The molecule has 2 aliphatic rings. The quantitative estimate of drug-likeness (QED) is 0.442. The third-order valence-corrected chi connectivity index (χ3v) is 6.59. The summed E-state index contributed by atoms with van der Waals surface area (Å²) in [6, 6.07) is 27.1. The van der Waals surface area contributed by atoms with E-state index in [1.807, 2.05) is 77.7 Å². The number of hydrogen-bond acceptors (Lipinski definition) is 5. The van der Waals surface area contributed by atoms with Crippen LogP contribution in [0.15, 0.2) is 84.9 Å². The van der Waals surface area contributed by atoms with Crippen molar-refractivity contribution in [2.75, 3.05) is 26.2 Å². The van der Waals surface area contributed by atoms with Gasteiger partial charge in [-0.25, -0.2) is 0 Å². The van der Waals surface area contributed by atoms with E-state index in [1.165, 1.54) is 25.9 Å². The van der Waals surface area contributed by atoms with E-state index in [0.29, 0.717) is 18.7 Å². The van der Waals surface area contributed by atoms with Crippen LogP contribution >= 0.6 is 0 Å². The number of likely N-dealkylation sites (tertiary alicyclic amines) is 1. The Balaban J connectivity index is 0.000000514. The van der Waals surface area contributed by atoms with Crippen LogP contribution in [0.25, 0.3) is 11.1 Å². The fraction of sp³-hybridized carbons (Fsp3) is 0.345. The topological polar surface area (TPSA) is 84.8 Å². The zero-order valence-electron chi connectivity index (χ0n) is 20.0. The summed E-state index contributed by atoms with van der Waals surface area (Å²) in [5, 5.41) is 26.7. The van der Waals surface area contributed by atoms with Gasteiger partial charge in [-0.3, -0.25) is 9.69 Å². The van der Waals surface area contributed by atoms with Gasteiger partial charge in [0.25, 0.3) is 5.91 Å². The van der Waals surface area contributed by atoms with Crippen LogP contribution in [0.4, 0.5) is 0 Å². The predicted molar refractivity (Wildman–Crippen MR) is 139 cm³/mol. The van der Waals surface area contributed by atoms with Gasteiger partial charge in [-0.05, 0) is 54.8 Å². The van der Waals surface area contributed by atoms with Gasteiger partial charge in [0.05, 0.1) is 18.2 Å². The number of carbonyl (C=O) groups is 1. The molecule has 0 aromatic heterocycles. The molecular weight excluding hydrogens is 438 g/mol. The molecule has 3 aromatic rings. The minimum Gasteiger partial charge on any atom is -0.389 e. The number of amides is 1. The SMILES string of the molecule is C1CCNC1.O=C(NC[C@@H]1[C@@H](O)[C@@H](O)CN1Cc1ccccc1)c1ccc(-c2ccccc2)cc1. The van der Waals surface area contributed by atoms with Crippen LogP contribution in [0.2, 0.25) is 0 Å². The third-order valence-electron chi connectivity index (χ3n) is 6.59. The Morgan fingerprint density at radius 3 is 2.06 bits per heavy atom. The van der Waals surface area contributed by atoms with Crippen LogP contribution < -0.4 is 10.6 Å². The normalized spacial score (nSPS) is 21.8. The lowest BCUT2D eigenvalue weighted by atomic mass is 10.0. The molecule has 1 amide bonds. The van der Waals surface area contributed by atoms with Gasteiger partial charge in [0, 0.05) is 25.2 Å². The van der Waals surface area contributed by atoms with Gasteiger partial charge in [-0.1, -0.05) is 72.8 Å². The maximum atomic E-state index is 12.6. The van der Waals surface area contributed by atoms with Crippen LogP contribution in [0.3, 0.4) is 0 Å². The highest BCUT2D eigenvalue weighted by Crippen LogP contribution is 2.22. The molecule has 3 aromatic carbocycles. The fourth-order valence-electron chi connectivity index (χ4n) is 4.57. The fourth-order valence-corrected chi connectivity index (χ4v) is 4.57. The van der Waals surface area contributed by atoms with Crippen LogP contribution in [0, 0.1) is 0 Å². The molecule has 0 unspecified atom stereocenters. The largest absolute Gasteiger partial charge is 0.389 e. The number of β-amino-alcohol motifs (C(OH)–C–C–N with tert-alkyl or cyclic N) is 1. The number of benzene rings is 3. The Hall–Kier alpha value is -3.03. The average Bonchev–Trinajstić information content (AvgIpc) is 3.57. The molecule has 5 rings (SSSR count). The number of nitrogens with zero attached hydrogens (tertiary/aromatic N) is 1. The van der Waals surface area contributed by atoms with Crippen LogP contribution in [0.5, 0.6) is 0 Å². The first-order chi connectivity index (χ1) is 17.1. The van der Waals surface area contributed by atoms with E-state index in [9.17, 15) is 15.0 Å². The smallest absolute Gasteiger partial charge is 0.251 e. The van der Waals surface area contributed by atoms with E-state index in [1.54, 1.807) is 12.1 Å². The molecule has 2 heterocycles. The molecule has 0 spiro atoms. The lowest BCUT2D eigenvalue weighted by molar-refractivity contribution is 0.0370. The average molecular weight is 474 g/mol. The first-order valence-electron chi connectivity index (χ1n) is 12.4. The van der Waals surface area contributed by atoms with Crippen molar-refractivity contribution in [2.24, 2.45) is 0 Å². The summed E-state index contributed by atoms with van der Waals surface area (Å²) in [5.74, 6) is -0.192. The summed E-state index contributed by atoms with van der Waals surface area (Å²) in [6.45, 7) is 3.76. The molecule has 6 heteroatoms. The number of rotatable bonds is 6. The van der Waals surface area contributed by atoms with Gasteiger partial charge in [-0.2, -0.15) is 0 Å². The Morgan fingerprint density at radius 2 is 1.46 bits per heavy atom. The number of aliphatic hydroxyl groups is 2. The first kappa shape index (κ1) is 25.1. The Bertz CT molecular complexity index is 1030. The summed E-state index contributed by atoms with van der Waals surface area (Å²) in [7, 11) is 0. The lowest BCUT2D eigenvalue weighted by Gasteiger charge is -2.26. The van der Waals surface area contributed by atoms with E-state index >= 15 is 0 Å². The van der Waals surface area contributed by atoms with Crippen molar-refractivity contribution < 1.29 is 15.0 Å². The van der Waals surface area contributed by atoms with Crippen LogP contribution in [0.1, 0.15) is 28.8 Å². The second-order valence-corrected chi connectivity index (χ2v) is 9.15. The van der Waals surface area contributed by atoms with E-state index < -0.39 is 12.2 Å². The van der Waals surface area contributed by atoms with Gasteiger partial charge in [0.1, 0.15) is 0 Å². The summed E-state index contributed by atoms with van der Waals surface area (Å²) >= 11 is 0. The summed E-state index contributed by atoms with van der Waals surface area (Å²) in [6.07, 6.45) is 1.07. The van der Waals surface area contributed by atoms with Crippen molar-refractivity contribution in [1.82, 2.24) is 15.5 Å². The van der Waals surface area contributed by atoms with Gasteiger partial charge < -0.3 is 20.8 Å². The first-order valence-corrected chi connectivity index (χ1v) is 12.4. The standard InChI is InChI=1S/C25H26N2O3.C4H9N/c28-23-17-27(16-18-7-3-1-4-8-18)22(24(23)29)15-26-25(30)21-13-11-20(12-14-21)19-9-5-2-6-10-19;1-2-4-5-3-1/h1-14,22-24,28-29H,15-17H2,(H,26,30);5H,1-4H2/t22-,23+,24-;/m1./s1. The third kappa shape index (κ3) is 6.99. The zero-order valence-corrected chi connectivity index (χ0v) is 20.0. The van der Waals surface area contributed by atoms with Crippen molar-refractivity contribution >= 4 is 5.91 Å². The monoisotopic (exact) mass is 473 g/mol. The summed E-state index contributed by atoms with van der Waals surface area (Å²) in [5.41, 5.74) is 3.82. The van der Waals surface area contributed by atoms with Gasteiger partial charge in [-0.15, -0.1) is 0 Å². The Morgan fingerprint density at radius 1 is 0.857 bits per heavy atom. The van der Waals surface area contributed by atoms with Crippen molar-refractivity contribution in [3.8, 4) is 11.1 Å². The van der Waals surface area contributed by atoms with E-state index in [4.69, 9.17) is 0 Å². The minimum atomic E-state index is -0.894.